The fourth-order valence-electron chi connectivity index (χ4n) is 8.29. The largest absolute Gasteiger partial charge is 0.496 e. The Kier molecular flexibility index (Phi) is 10.2. The van der Waals surface area contributed by atoms with Crippen molar-refractivity contribution in [2.45, 2.75) is 71.4 Å². The first kappa shape index (κ1) is 35.1. The molecule has 1 saturated heterocycles. The molecule has 2 aromatic rings. The van der Waals surface area contributed by atoms with Gasteiger partial charge in [-0.3, -0.25) is 19.3 Å². The van der Waals surface area contributed by atoms with Crippen molar-refractivity contribution in [2.24, 2.45) is 34.8 Å². The summed E-state index contributed by atoms with van der Waals surface area (Å²) in [5.74, 6) is 1.19. The van der Waals surface area contributed by atoms with Crippen molar-refractivity contribution in [1.29, 1.82) is 0 Å². The van der Waals surface area contributed by atoms with Crippen LogP contribution in [0.3, 0.4) is 0 Å². The lowest BCUT2D eigenvalue weighted by molar-refractivity contribution is -0.175. The van der Waals surface area contributed by atoms with Gasteiger partial charge in [0, 0.05) is 62.0 Å². The van der Waals surface area contributed by atoms with E-state index in [1.807, 2.05) is 55.4 Å². The minimum atomic E-state index is -0.816. The number of nitrogens with two attached hydrogens (primary N) is 1. The van der Waals surface area contributed by atoms with Crippen LogP contribution < -0.4 is 20.7 Å². The van der Waals surface area contributed by atoms with Crippen LogP contribution in [0.1, 0.15) is 56.5 Å². The Morgan fingerprint density at radius 1 is 1.17 bits per heavy atom. The Hall–Kier alpha value is -3.22. The van der Waals surface area contributed by atoms with E-state index < -0.39 is 24.2 Å². The summed E-state index contributed by atoms with van der Waals surface area (Å²) in [6, 6.07) is 10.8. The molecule has 0 aromatic heterocycles. The van der Waals surface area contributed by atoms with Crippen LogP contribution in [-0.4, -0.2) is 93.2 Å². The van der Waals surface area contributed by atoms with Crippen LogP contribution in [0, 0.1) is 29.1 Å². The number of hydrogen-bond donors (Lipinski definition) is 3. The number of hydrogen-bond acceptors (Lipinski definition) is 9. The van der Waals surface area contributed by atoms with E-state index in [2.05, 4.69) is 26.1 Å². The topological polar surface area (TPSA) is 130 Å². The second-order valence-corrected chi connectivity index (χ2v) is 14.4. The van der Waals surface area contributed by atoms with Crippen molar-refractivity contribution in [2.75, 3.05) is 46.8 Å². The number of para-hydroxylation sites is 1. The molecule has 4 fully saturated rings. The third kappa shape index (κ3) is 6.48. The van der Waals surface area contributed by atoms with Crippen molar-refractivity contribution in [3.63, 3.8) is 0 Å². The molecular formula is C36H53N5O6. The van der Waals surface area contributed by atoms with E-state index >= 15 is 0 Å². The number of benzene rings is 2. The molecule has 6 rings (SSSR count). The number of carbonyl (C=O) groups is 2. The maximum absolute atomic E-state index is 14.2. The van der Waals surface area contributed by atoms with Gasteiger partial charge in [-0.05, 0) is 66.7 Å². The van der Waals surface area contributed by atoms with E-state index in [1.165, 1.54) is 18.6 Å². The smallest absolute Gasteiger partial charge is 0.277 e. The normalized spacial score (nSPS) is 28.7. The molecule has 8 atom stereocenters. The maximum Gasteiger partial charge on any atom is 0.277 e. The summed E-state index contributed by atoms with van der Waals surface area (Å²) < 4.78 is 6.01. The minimum absolute atomic E-state index is 0.0728. The summed E-state index contributed by atoms with van der Waals surface area (Å²) in [6.07, 6.45) is 0.829. The number of aliphatic hydroxyl groups is 1. The standard InChI is InChI=1S/C36H53N5O6/c1-20-28-16-25(36(28,3)4)17-29(20)38-34(43)32-31(21(2)42)30(18-37)47-41(32)19-22-11-10-12-27(33(22)45-8)23-13-24(35(44)40(7)46-9)15-26(14-23)39(5)6/h10-15,20-21,25,28-32,42H,16-19,37H2,1-9H3,(H,38,43)/t20-,21-,25+,28+,29-,30-,31+,32-/m0/s1. The van der Waals surface area contributed by atoms with Crippen molar-refractivity contribution < 1.29 is 29.1 Å². The van der Waals surface area contributed by atoms with Crippen molar-refractivity contribution in [3.05, 3.63) is 47.5 Å². The average molecular weight is 652 g/mol. The summed E-state index contributed by atoms with van der Waals surface area (Å²) in [5.41, 5.74) is 10.1. The van der Waals surface area contributed by atoms with Crippen LogP contribution in [0.25, 0.3) is 11.1 Å². The molecule has 1 aliphatic heterocycles. The van der Waals surface area contributed by atoms with Crippen molar-refractivity contribution in [3.8, 4) is 16.9 Å². The van der Waals surface area contributed by atoms with Gasteiger partial charge in [0.25, 0.3) is 5.91 Å². The highest BCUT2D eigenvalue weighted by Gasteiger charge is 2.57. The second kappa shape index (κ2) is 13.7. The number of rotatable bonds is 11. The molecule has 258 valence electrons. The molecule has 4 aliphatic rings. The van der Waals surface area contributed by atoms with Crippen LogP contribution in [-0.2, 0) is 21.0 Å². The molecule has 0 unspecified atom stereocenters. The highest BCUT2D eigenvalue weighted by Crippen LogP contribution is 2.61. The van der Waals surface area contributed by atoms with Crippen LogP contribution in [0.4, 0.5) is 5.69 Å². The zero-order valence-corrected chi connectivity index (χ0v) is 29.3. The zero-order valence-electron chi connectivity index (χ0n) is 29.3. The Morgan fingerprint density at radius 3 is 2.47 bits per heavy atom. The summed E-state index contributed by atoms with van der Waals surface area (Å²) in [5, 5.41) is 17.1. The highest BCUT2D eigenvalue weighted by atomic mass is 16.7. The van der Waals surface area contributed by atoms with Gasteiger partial charge in [0.05, 0.1) is 33.0 Å². The SMILES string of the molecule is COc1c(CN2O[C@@H](CN)[C@@H]([C@H](C)O)[C@H]2C(=O)N[C@H]2C[C@H]3C[C@H]([C@@H]2C)C3(C)C)cccc1-c1cc(C(=O)N(C)OC)cc(N(C)C)c1. The summed E-state index contributed by atoms with van der Waals surface area (Å²) in [7, 11) is 8.46. The lowest BCUT2D eigenvalue weighted by atomic mass is 9.45. The molecule has 1 heterocycles. The Labute approximate surface area is 279 Å². The number of nitrogens with one attached hydrogen (secondary N) is 1. The molecule has 0 radical (unpaired) electrons. The van der Waals surface area contributed by atoms with E-state index in [1.54, 1.807) is 26.1 Å². The Bertz CT molecular complexity index is 1460. The van der Waals surface area contributed by atoms with Gasteiger partial charge in [-0.25, -0.2) is 5.06 Å². The van der Waals surface area contributed by atoms with E-state index in [9.17, 15) is 14.7 Å². The first-order chi connectivity index (χ1) is 22.2. The van der Waals surface area contributed by atoms with Crippen molar-refractivity contribution >= 4 is 17.5 Å². The third-order valence-electron chi connectivity index (χ3n) is 11.3. The molecule has 2 amide bonds. The quantitative estimate of drug-likeness (QED) is 0.312. The molecule has 3 aliphatic carbocycles. The molecule has 47 heavy (non-hydrogen) atoms. The second-order valence-electron chi connectivity index (χ2n) is 14.4. The number of carbonyl (C=O) groups excluding carboxylic acids is 2. The van der Waals surface area contributed by atoms with Gasteiger partial charge in [-0.1, -0.05) is 39.0 Å². The van der Waals surface area contributed by atoms with Crippen molar-refractivity contribution in [1.82, 2.24) is 15.4 Å². The van der Waals surface area contributed by atoms with Gasteiger partial charge >= 0.3 is 0 Å². The van der Waals surface area contributed by atoms with E-state index in [4.69, 9.17) is 20.1 Å². The van der Waals surface area contributed by atoms with Gasteiger partial charge < -0.3 is 25.8 Å². The number of nitrogens with zero attached hydrogens (tertiary/aromatic N) is 3. The summed E-state index contributed by atoms with van der Waals surface area (Å²) in [4.78, 5) is 40.7. The molecule has 3 saturated carbocycles. The highest BCUT2D eigenvalue weighted by molar-refractivity contribution is 5.96. The lowest BCUT2D eigenvalue weighted by Gasteiger charge is -2.62. The molecule has 0 spiro atoms. The fraction of sp³-hybridized carbons (Fsp3) is 0.611. The van der Waals surface area contributed by atoms with Gasteiger partial charge in [0.1, 0.15) is 11.8 Å². The van der Waals surface area contributed by atoms with Gasteiger partial charge in [-0.15, -0.1) is 0 Å². The van der Waals surface area contributed by atoms with E-state index in [0.717, 1.165) is 28.8 Å². The van der Waals surface area contributed by atoms with Crippen LogP contribution >= 0.6 is 0 Å². The van der Waals surface area contributed by atoms with Crippen LogP contribution in [0.15, 0.2) is 36.4 Å². The number of hydroxylamine groups is 4. The molecular weight excluding hydrogens is 598 g/mol. The molecule has 11 heteroatoms. The number of ether oxygens (including phenoxy) is 1. The van der Waals surface area contributed by atoms with E-state index in [-0.39, 0.29) is 30.9 Å². The van der Waals surface area contributed by atoms with Gasteiger partial charge in [-0.2, -0.15) is 5.06 Å². The first-order valence-corrected chi connectivity index (χ1v) is 16.7. The van der Waals surface area contributed by atoms with Gasteiger partial charge in [0.2, 0.25) is 5.91 Å². The minimum Gasteiger partial charge on any atom is -0.496 e. The van der Waals surface area contributed by atoms with E-state index in [0.29, 0.717) is 34.5 Å². The monoisotopic (exact) mass is 651 g/mol. The number of fused-ring (bicyclic) bond motifs is 2. The third-order valence-corrected chi connectivity index (χ3v) is 11.3. The predicted molar refractivity (Wildman–Crippen MR) is 181 cm³/mol. The molecule has 11 nitrogen and oxygen atoms in total. The number of amides is 2. The zero-order chi connectivity index (χ0) is 34.4. The number of aliphatic hydroxyl groups excluding tert-OH is 1. The first-order valence-electron chi connectivity index (χ1n) is 16.7. The van der Waals surface area contributed by atoms with Crippen LogP contribution in [0.5, 0.6) is 5.75 Å². The summed E-state index contributed by atoms with van der Waals surface area (Å²) in [6.45, 7) is 9.02. The lowest BCUT2D eigenvalue weighted by Crippen LogP contribution is -2.62. The maximum atomic E-state index is 14.2. The number of anilines is 1. The van der Waals surface area contributed by atoms with Crippen LogP contribution in [0.2, 0.25) is 0 Å². The molecule has 2 bridgehead atoms. The Morgan fingerprint density at radius 2 is 1.89 bits per heavy atom. The molecule has 4 N–H and O–H groups in total. The predicted octanol–water partition coefficient (Wildman–Crippen LogP) is 3.69. The fourth-order valence-corrected chi connectivity index (χ4v) is 8.29. The number of methoxy groups -OCH3 is 1. The average Bonchev–Trinajstić information content (AvgIpc) is 3.42. The Balaban J connectivity index is 1.47. The summed E-state index contributed by atoms with van der Waals surface area (Å²) >= 11 is 0. The molecule has 2 aromatic carbocycles. The van der Waals surface area contributed by atoms with Gasteiger partial charge in [0.15, 0.2) is 0 Å².